The van der Waals surface area contributed by atoms with Crippen molar-refractivity contribution in [2.45, 2.75) is 6.17 Å². The maximum Gasteiger partial charge on any atom is 0.163 e. The highest BCUT2D eigenvalue weighted by molar-refractivity contribution is 6.21. The SMILES string of the molecule is c1ccc(C2=NC(c3cccc4c3oc3cccc(-n5c6ccccc6c6ccccc65)c34)=NC(c3ccc4c(c3)oc3ccccc34)N2)cc1. The maximum absolute atomic E-state index is 6.77. The number of furan rings is 2. The van der Waals surface area contributed by atoms with Gasteiger partial charge in [-0.3, -0.25) is 0 Å². The lowest BCUT2D eigenvalue weighted by Gasteiger charge is -2.23. The Morgan fingerprint density at radius 2 is 1.20 bits per heavy atom. The fourth-order valence-corrected chi connectivity index (χ4v) is 7.77. The third kappa shape index (κ3) is 4.23. The quantitative estimate of drug-likeness (QED) is 0.205. The Hall–Kier alpha value is -6.92. The summed E-state index contributed by atoms with van der Waals surface area (Å²) in [6.45, 7) is 0. The second-order valence-electron chi connectivity index (χ2n) is 13.0. The molecule has 1 atom stereocenters. The molecule has 10 aromatic rings. The fourth-order valence-electron chi connectivity index (χ4n) is 7.77. The minimum absolute atomic E-state index is 0.405. The highest BCUT2D eigenvalue weighted by Gasteiger charge is 2.25. The summed E-state index contributed by atoms with van der Waals surface area (Å²) in [7, 11) is 0. The summed E-state index contributed by atoms with van der Waals surface area (Å²) in [5, 5.41) is 10.3. The molecule has 0 bridgehead atoms. The molecule has 0 saturated carbocycles. The van der Waals surface area contributed by atoms with Crippen LogP contribution in [0.5, 0.6) is 0 Å². The van der Waals surface area contributed by atoms with Crippen molar-refractivity contribution in [2.24, 2.45) is 9.98 Å². The molecule has 0 radical (unpaired) electrons. The summed E-state index contributed by atoms with van der Waals surface area (Å²) in [6.07, 6.45) is -0.405. The summed E-state index contributed by atoms with van der Waals surface area (Å²) >= 11 is 0. The van der Waals surface area contributed by atoms with Crippen LogP contribution < -0.4 is 5.32 Å². The topological polar surface area (TPSA) is 68.0 Å². The molecule has 0 aliphatic carbocycles. The van der Waals surface area contributed by atoms with Crippen LogP contribution in [-0.2, 0) is 0 Å². The molecule has 1 aliphatic rings. The molecule has 240 valence electrons. The molecule has 51 heavy (non-hydrogen) atoms. The Morgan fingerprint density at radius 1 is 0.529 bits per heavy atom. The van der Waals surface area contributed by atoms with Crippen LogP contribution >= 0.6 is 0 Å². The highest BCUT2D eigenvalue weighted by atomic mass is 16.3. The van der Waals surface area contributed by atoms with Gasteiger partial charge in [0.1, 0.15) is 34.3 Å². The zero-order valence-corrected chi connectivity index (χ0v) is 27.2. The summed E-state index contributed by atoms with van der Waals surface area (Å²) in [5.41, 5.74) is 9.43. The number of aromatic nitrogens is 1. The van der Waals surface area contributed by atoms with Gasteiger partial charge in [0.15, 0.2) is 5.84 Å². The van der Waals surface area contributed by atoms with Gasteiger partial charge in [-0.05, 0) is 42.5 Å². The van der Waals surface area contributed by atoms with E-state index in [4.69, 9.17) is 18.8 Å². The predicted octanol–water partition coefficient (Wildman–Crippen LogP) is 11.1. The molecular formula is C45H28N4O2. The van der Waals surface area contributed by atoms with E-state index in [1.54, 1.807) is 0 Å². The second kappa shape index (κ2) is 10.8. The molecule has 11 rings (SSSR count). The lowest BCUT2D eigenvalue weighted by Crippen LogP contribution is -2.33. The van der Waals surface area contributed by atoms with Crippen LogP contribution in [0, 0.1) is 0 Å². The summed E-state index contributed by atoms with van der Waals surface area (Å²) in [6, 6.07) is 54.4. The maximum atomic E-state index is 6.77. The normalized spacial score (nSPS) is 14.9. The van der Waals surface area contributed by atoms with E-state index < -0.39 is 6.17 Å². The van der Waals surface area contributed by atoms with Gasteiger partial charge in [-0.25, -0.2) is 9.98 Å². The summed E-state index contributed by atoms with van der Waals surface area (Å²) < 4.78 is 15.4. The van der Waals surface area contributed by atoms with Gasteiger partial charge in [0.25, 0.3) is 0 Å². The largest absolute Gasteiger partial charge is 0.456 e. The van der Waals surface area contributed by atoms with Gasteiger partial charge in [0.05, 0.1) is 27.7 Å². The number of hydrogen-bond donors (Lipinski definition) is 1. The van der Waals surface area contributed by atoms with Crippen LogP contribution in [-0.4, -0.2) is 16.2 Å². The first kappa shape index (κ1) is 28.0. The molecular weight excluding hydrogens is 629 g/mol. The van der Waals surface area contributed by atoms with Crippen molar-refractivity contribution in [3.63, 3.8) is 0 Å². The van der Waals surface area contributed by atoms with Gasteiger partial charge < -0.3 is 18.7 Å². The van der Waals surface area contributed by atoms with E-state index in [0.717, 1.165) is 83.1 Å². The second-order valence-corrected chi connectivity index (χ2v) is 13.0. The van der Waals surface area contributed by atoms with Gasteiger partial charge >= 0.3 is 0 Å². The molecule has 0 amide bonds. The third-order valence-electron chi connectivity index (χ3n) is 10.1. The average Bonchev–Trinajstić information content (AvgIpc) is 3.87. The molecule has 0 saturated heterocycles. The van der Waals surface area contributed by atoms with Gasteiger partial charge in [0.2, 0.25) is 0 Å². The molecule has 1 unspecified atom stereocenters. The van der Waals surface area contributed by atoms with E-state index in [1.165, 1.54) is 10.8 Å². The monoisotopic (exact) mass is 656 g/mol. The van der Waals surface area contributed by atoms with Crippen LogP contribution in [0.15, 0.2) is 177 Å². The number of hydrogen-bond acceptors (Lipinski definition) is 5. The number of fused-ring (bicyclic) bond motifs is 9. The van der Waals surface area contributed by atoms with Crippen molar-refractivity contribution < 1.29 is 8.83 Å². The third-order valence-corrected chi connectivity index (χ3v) is 10.1. The van der Waals surface area contributed by atoms with Crippen molar-refractivity contribution >= 4 is 77.4 Å². The Kier molecular flexibility index (Phi) is 5.92. The van der Waals surface area contributed by atoms with Crippen molar-refractivity contribution in [1.29, 1.82) is 0 Å². The van der Waals surface area contributed by atoms with Crippen LogP contribution in [0.25, 0.3) is 71.4 Å². The van der Waals surface area contributed by atoms with E-state index in [-0.39, 0.29) is 0 Å². The zero-order valence-electron chi connectivity index (χ0n) is 27.2. The average molecular weight is 657 g/mol. The van der Waals surface area contributed by atoms with Crippen LogP contribution in [0.4, 0.5) is 0 Å². The van der Waals surface area contributed by atoms with Crippen LogP contribution in [0.2, 0.25) is 0 Å². The standard InChI is InChI=1S/C45H28N4O2/c1-2-12-27(13-3-1)43-46-44(28-24-25-32-31-16-6-9-22-38(31)50-40(32)26-28)48-45(47-43)34-18-10-17-33-41-37(21-11-23-39(41)51-42(33)34)49-35-19-7-4-14-29(35)30-15-5-8-20-36(30)49/h1-26,44H,(H,46,47,48). The van der Waals surface area contributed by atoms with E-state index in [1.807, 2.05) is 42.5 Å². The molecule has 4 heterocycles. The molecule has 6 heteroatoms. The lowest BCUT2D eigenvalue weighted by atomic mass is 10.0. The number of nitrogens with one attached hydrogen (secondary N) is 1. The van der Waals surface area contributed by atoms with Crippen molar-refractivity contribution in [1.82, 2.24) is 9.88 Å². The number of para-hydroxylation sites is 4. The Morgan fingerprint density at radius 3 is 2.02 bits per heavy atom. The fraction of sp³-hybridized carbons (Fsp3) is 0.0222. The Balaban J connectivity index is 1.12. The first-order chi connectivity index (χ1) is 25.3. The molecule has 1 N–H and O–H groups in total. The molecule has 3 aromatic heterocycles. The number of aliphatic imine (C=N–C) groups is 2. The van der Waals surface area contributed by atoms with Crippen molar-refractivity contribution in [3.8, 4) is 5.69 Å². The number of nitrogens with zero attached hydrogens (tertiary/aromatic N) is 3. The van der Waals surface area contributed by atoms with Gasteiger partial charge in [-0.1, -0.05) is 115 Å². The molecule has 7 aromatic carbocycles. The molecule has 0 spiro atoms. The van der Waals surface area contributed by atoms with E-state index in [2.05, 4.69) is 125 Å². The smallest absolute Gasteiger partial charge is 0.163 e. The number of amidine groups is 2. The van der Waals surface area contributed by atoms with E-state index in [0.29, 0.717) is 5.84 Å². The van der Waals surface area contributed by atoms with Gasteiger partial charge in [-0.15, -0.1) is 0 Å². The minimum Gasteiger partial charge on any atom is -0.456 e. The first-order valence-electron chi connectivity index (χ1n) is 17.1. The van der Waals surface area contributed by atoms with E-state index in [9.17, 15) is 0 Å². The van der Waals surface area contributed by atoms with Crippen molar-refractivity contribution in [3.05, 3.63) is 174 Å². The van der Waals surface area contributed by atoms with Crippen molar-refractivity contribution in [2.75, 3.05) is 0 Å². The van der Waals surface area contributed by atoms with Gasteiger partial charge in [0, 0.05) is 38.1 Å². The Labute approximate surface area is 291 Å². The van der Waals surface area contributed by atoms with Gasteiger partial charge in [-0.2, -0.15) is 0 Å². The zero-order chi connectivity index (χ0) is 33.5. The predicted molar refractivity (Wildman–Crippen MR) is 207 cm³/mol. The van der Waals surface area contributed by atoms with Crippen LogP contribution in [0.3, 0.4) is 0 Å². The summed E-state index contributed by atoms with van der Waals surface area (Å²) in [4.78, 5) is 10.4. The molecule has 6 nitrogen and oxygen atoms in total. The minimum atomic E-state index is -0.405. The van der Waals surface area contributed by atoms with Crippen LogP contribution in [0.1, 0.15) is 22.9 Å². The number of benzene rings is 7. The van der Waals surface area contributed by atoms with E-state index >= 15 is 0 Å². The molecule has 0 fully saturated rings. The highest BCUT2D eigenvalue weighted by Crippen LogP contribution is 2.40. The Bertz CT molecular complexity index is 3020. The number of rotatable bonds is 4. The first-order valence-corrected chi connectivity index (χ1v) is 17.1. The lowest BCUT2D eigenvalue weighted by molar-refractivity contribution is 0.653. The molecule has 1 aliphatic heterocycles. The summed E-state index contributed by atoms with van der Waals surface area (Å²) in [5.74, 6) is 1.35.